The van der Waals surface area contributed by atoms with Gasteiger partial charge in [-0.2, -0.15) is 0 Å². The highest BCUT2D eigenvalue weighted by molar-refractivity contribution is 6.22. The van der Waals surface area contributed by atoms with E-state index in [-0.39, 0.29) is 30.4 Å². The molecule has 3 amide bonds. The number of anilines is 1. The summed E-state index contributed by atoms with van der Waals surface area (Å²) in [5.41, 5.74) is 2.70. The van der Waals surface area contributed by atoms with Crippen LogP contribution in [0.2, 0.25) is 0 Å². The number of benzene rings is 1. The van der Waals surface area contributed by atoms with Gasteiger partial charge in [0.05, 0.1) is 44.9 Å². The monoisotopic (exact) mass is 360 g/mol. The SMILES string of the molecule is CCOC(=O)N1CC[NH+]([C@@H]2CC(=O)N(c3ccc(C)cc3C)C2=O)CC1. The van der Waals surface area contributed by atoms with Gasteiger partial charge in [0.1, 0.15) is 0 Å². The van der Waals surface area contributed by atoms with Crippen molar-refractivity contribution in [3.05, 3.63) is 29.3 Å². The van der Waals surface area contributed by atoms with Crippen molar-refractivity contribution in [1.29, 1.82) is 0 Å². The summed E-state index contributed by atoms with van der Waals surface area (Å²) in [6.45, 7) is 8.40. The van der Waals surface area contributed by atoms with Crippen molar-refractivity contribution in [3.8, 4) is 0 Å². The minimum Gasteiger partial charge on any atom is -0.450 e. The fourth-order valence-corrected chi connectivity index (χ4v) is 3.80. The zero-order valence-corrected chi connectivity index (χ0v) is 15.6. The summed E-state index contributed by atoms with van der Waals surface area (Å²) < 4.78 is 5.03. The Hall–Kier alpha value is -2.41. The number of nitrogens with one attached hydrogen (secondary N) is 1. The van der Waals surface area contributed by atoms with E-state index in [1.54, 1.807) is 11.8 Å². The summed E-state index contributed by atoms with van der Waals surface area (Å²) in [6, 6.07) is 5.37. The van der Waals surface area contributed by atoms with E-state index >= 15 is 0 Å². The molecular weight excluding hydrogens is 334 g/mol. The maximum atomic E-state index is 12.9. The van der Waals surface area contributed by atoms with Crippen LogP contribution in [0.4, 0.5) is 10.5 Å². The van der Waals surface area contributed by atoms with Gasteiger partial charge in [-0.25, -0.2) is 9.69 Å². The number of ether oxygens (including phenoxy) is 1. The highest BCUT2D eigenvalue weighted by Crippen LogP contribution is 2.26. The van der Waals surface area contributed by atoms with E-state index in [2.05, 4.69) is 0 Å². The van der Waals surface area contributed by atoms with E-state index in [0.29, 0.717) is 38.5 Å². The van der Waals surface area contributed by atoms with Gasteiger partial charge in [0.25, 0.3) is 5.91 Å². The van der Waals surface area contributed by atoms with E-state index in [0.717, 1.165) is 16.0 Å². The molecular formula is C19H26N3O4+. The van der Waals surface area contributed by atoms with Gasteiger partial charge in [-0.05, 0) is 32.4 Å². The quantitative estimate of drug-likeness (QED) is 0.787. The Labute approximate surface area is 153 Å². The molecule has 0 spiro atoms. The van der Waals surface area contributed by atoms with Crippen LogP contribution in [-0.4, -0.2) is 61.6 Å². The molecule has 7 nitrogen and oxygen atoms in total. The zero-order valence-electron chi connectivity index (χ0n) is 15.6. The fraction of sp³-hybridized carbons (Fsp3) is 0.526. The smallest absolute Gasteiger partial charge is 0.410 e. The first-order valence-electron chi connectivity index (χ1n) is 9.12. The van der Waals surface area contributed by atoms with Crippen LogP contribution in [0.5, 0.6) is 0 Å². The molecule has 0 radical (unpaired) electrons. The van der Waals surface area contributed by atoms with Crippen molar-refractivity contribution < 1.29 is 24.0 Å². The van der Waals surface area contributed by atoms with Crippen LogP contribution in [0.3, 0.4) is 0 Å². The third-order valence-corrected chi connectivity index (χ3v) is 5.16. The molecule has 2 aliphatic rings. The van der Waals surface area contributed by atoms with Crippen LogP contribution in [0.1, 0.15) is 24.5 Å². The lowest BCUT2D eigenvalue weighted by Crippen LogP contribution is -3.19. The number of nitrogens with zero attached hydrogens (tertiary/aromatic N) is 2. The van der Waals surface area contributed by atoms with Crippen LogP contribution in [-0.2, 0) is 14.3 Å². The third-order valence-electron chi connectivity index (χ3n) is 5.16. The average molecular weight is 360 g/mol. The topological polar surface area (TPSA) is 71.4 Å². The lowest BCUT2D eigenvalue weighted by Gasteiger charge is -2.33. The highest BCUT2D eigenvalue weighted by atomic mass is 16.6. The summed E-state index contributed by atoms with van der Waals surface area (Å²) >= 11 is 0. The first kappa shape index (κ1) is 18.4. The van der Waals surface area contributed by atoms with Crippen LogP contribution in [0.15, 0.2) is 18.2 Å². The maximum Gasteiger partial charge on any atom is 0.410 e. The lowest BCUT2D eigenvalue weighted by molar-refractivity contribution is -0.918. The number of quaternary nitrogens is 1. The van der Waals surface area contributed by atoms with Gasteiger partial charge in [0, 0.05) is 0 Å². The molecule has 140 valence electrons. The molecule has 1 aromatic rings. The molecule has 1 aromatic carbocycles. The predicted octanol–water partition coefficient (Wildman–Crippen LogP) is 0.292. The van der Waals surface area contributed by atoms with Gasteiger partial charge in [0.2, 0.25) is 5.91 Å². The molecule has 0 unspecified atom stereocenters. The van der Waals surface area contributed by atoms with Gasteiger partial charge in [0.15, 0.2) is 6.04 Å². The number of hydrogen-bond donors (Lipinski definition) is 1. The second-order valence-electron chi connectivity index (χ2n) is 6.96. The van der Waals surface area contributed by atoms with Crippen molar-refractivity contribution in [2.45, 2.75) is 33.2 Å². The van der Waals surface area contributed by atoms with Crippen LogP contribution in [0, 0.1) is 13.8 Å². The van der Waals surface area contributed by atoms with Crippen molar-refractivity contribution in [2.24, 2.45) is 0 Å². The van der Waals surface area contributed by atoms with Crippen LogP contribution >= 0.6 is 0 Å². The first-order valence-corrected chi connectivity index (χ1v) is 9.12. The first-order chi connectivity index (χ1) is 12.4. The molecule has 2 heterocycles. The summed E-state index contributed by atoms with van der Waals surface area (Å²) in [5.74, 6) is -0.284. The molecule has 1 N–H and O–H groups in total. The average Bonchev–Trinajstić information content (AvgIpc) is 2.90. The molecule has 2 fully saturated rings. The second-order valence-corrected chi connectivity index (χ2v) is 6.96. The molecule has 2 saturated heterocycles. The standard InChI is InChI=1S/C19H25N3O4/c1-4-26-19(25)21-9-7-20(8-10-21)16-12-17(23)22(18(16)24)15-6-5-13(2)11-14(15)3/h5-6,11,16H,4,7-10,12H2,1-3H3/p+1/t16-/m1/s1. The van der Waals surface area contributed by atoms with Gasteiger partial charge in [-0.3, -0.25) is 14.5 Å². The molecule has 0 saturated carbocycles. The van der Waals surface area contributed by atoms with Gasteiger partial charge in [-0.15, -0.1) is 0 Å². The minimum absolute atomic E-state index is 0.137. The summed E-state index contributed by atoms with van der Waals surface area (Å²) in [7, 11) is 0. The van der Waals surface area contributed by atoms with Gasteiger partial charge < -0.3 is 9.64 Å². The molecule has 1 atom stereocenters. The predicted molar refractivity (Wildman–Crippen MR) is 96.1 cm³/mol. The number of hydrogen-bond acceptors (Lipinski definition) is 4. The third kappa shape index (κ3) is 3.44. The van der Waals surface area contributed by atoms with E-state index in [1.165, 1.54) is 4.90 Å². The number of amides is 3. The lowest BCUT2D eigenvalue weighted by atomic mass is 10.1. The van der Waals surface area contributed by atoms with Crippen LogP contribution in [0.25, 0.3) is 0 Å². The Morgan fingerprint density at radius 2 is 1.92 bits per heavy atom. The van der Waals surface area contributed by atoms with Gasteiger partial charge >= 0.3 is 6.09 Å². The van der Waals surface area contributed by atoms with E-state index in [1.807, 2.05) is 32.0 Å². The number of imide groups is 1. The number of aryl methyl sites for hydroxylation is 2. The largest absolute Gasteiger partial charge is 0.450 e. The Bertz CT molecular complexity index is 725. The molecule has 26 heavy (non-hydrogen) atoms. The Balaban J connectivity index is 1.69. The maximum absolute atomic E-state index is 12.9. The van der Waals surface area contributed by atoms with Crippen molar-refractivity contribution in [3.63, 3.8) is 0 Å². The summed E-state index contributed by atoms with van der Waals surface area (Å²) in [4.78, 5) is 41.4. The summed E-state index contributed by atoms with van der Waals surface area (Å²) in [5, 5.41) is 0. The Morgan fingerprint density at radius 1 is 1.23 bits per heavy atom. The van der Waals surface area contributed by atoms with E-state index in [9.17, 15) is 14.4 Å². The van der Waals surface area contributed by atoms with Gasteiger partial charge in [-0.1, -0.05) is 17.7 Å². The molecule has 0 bridgehead atoms. The number of carbonyl (C=O) groups is 3. The van der Waals surface area contributed by atoms with Crippen molar-refractivity contribution in [2.75, 3.05) is 37.7 Å². The zero-order chi connectivity index (χ0) is 18.8. The molecule has 0 aliphatic carbocycles. The molecule has 7 heteroatoms. The van der Waals surface area contributed by atoms with Crippen LogP contribution < -0.4 is 9.80 Å². The fourth-order valence-electron chi connectivity index (χ4n) is 3.80. The normalized spacial score (nSPS) is 21.4. The molecule has 2 aliphatic heterocycles. The molecule has 3 rings (SSSR count). The van der Waals surface area contributed by atoms with E-state index < -0.39 is 0 Å². The number of carbonyl (C=O) groups excluding carboxylic acids is 3. The number of rotatable bonds is 3. The Kier molecular flexibility index (Phi) is 5.27. The minimum atomic E-state index is -0.368. The second kappa shape index (κ2) is 7.45. The Morgan fingerprint density at radius 3 is 2.54 bits per heavy atom. The highest BCUT2D eigenvalue weighted by Gasteiger charge is 2.47. The van der Waals surface area contributed by atoms with Crippen molar-refractivity contribution >= 4 is 23.6 Å². The van der Waals surface area contributed by atoms with E-state index in [4.69, 9.17) is 4.74 Å². The van der Waals surface area contributed by atoms with Crippen molar-refractivity contribution in [1.82, 2.24) is 4.90 Å². The summed E-state index contributed by atoms with van der Waals surface area (Å²) in [6.07, 6.45) is -0.0850. The molecule has 0 aromatic heterocycles. The number of piperazine rings is 1.